The number of piperidine rings is 1. The minimum atomic E-state index is -3.17. The van der Waals surface area contributed by atoms with Gasteiger partial charge in [0.2, 0.25) is 10.0 Å². The summed E-state index contributed by atoms with van der Waals surface area (Å²) in [5.74, 6) is 0.0806. The third kappa shape index (κ3) is 3.35. The van der Waals surface area contributed by atoms with Gasteiger partial charge in [-0.1, -0.05) is 18.2 Å². The molecule has 1 aliphatic rings. The molecule has 1 atom stereocenters. The Bertz CT molecular complexity index is 849. The molecule has 2 aromatic rings. The van der Waals surface area contributed by atoms with E-state index in [1.807, 2.05) is 6.07 Å². The number of aryl methyl sites for hydroxylation is 1. The van der Waals surface area contributed by atoms with Crippen LogP contribution in [0.25, 0.3) is 11.3 Å². The van der Waals surface area contributed by atoms with Crippen LogP contribution in [0, 0.1) is 13.8 Å². The van der Waals surface area contributed by atoms with Gasteiger partial charge in [-0.3, -0.25) is 9.97 Å². The second-order valence-electron chi connectivity index (χ2n) is 6.50. The Morgan fingerprint density at radius 2 is 1.92 bits per heavy atom. The Kier molecular flexibility index (Phi) is 4.69. The van der Waals surface area contributed by atoms with Crippen LogP contribution in [-0.2, 0) is 10.0 Å². The van der Waals surface area contributed by atoms with Crippen LogP contribution in [0.4, 0.5) is 0 Å². The van der Waals surface area contributed by atoms with Crippen molar-refractivity contribution < 1.29 is 8.42 Å². The summed E-state index contributed by atoms with van der Waals surface area (Å²) in [6.45, 7) is 5.25. The Balaban J connectivity index is 2.02. The first kappa shape index (κ1) is 17.0. The first-order valence-electron chi connectivity index (χ1n) is 8.20. The van der Waals surface area contributed by atoms with Crippen molar-refractivity contribution in [3.8, 4) is 11.3 Å². The number of aromatic nitrogens is 2. The van der Waals surface area contributed by atoms with Crippen molar-refractivity contribution in [3.63, 3.8) is 0 Å². The van der Waals surface area contributed by atoms with E-state index in [2.05, 4.69) is 35.9 Å². The molecule has 128 valence electrons. The molecule has 5 nitrogen and oxygen atoms in total. The van der Waals surface area contributed by atoms with Gasteiger partial charge in [0, 0.05) is 37.0 Å². The van der Waals surface area contributed by atoms with E-state index < -0.39 is 10.0 Å². The smallest absolute Gasteiger partial charge is 0.211 e. The minimum Gasteiger partial charge on any atom is -0.257 e. The Morgan fingerprint density at radius 3 is 2.67 bits per heavy atom. The number of hydrogen-bond acceptors (Lipinski definition) is 4. The van der Waals surface area contributed by atoms with Gasteiger partial charge in [0.15, 0.2) is 0 Å². The lowest BCUT2D eigenvalue weighted by molar-refractivity contribution is 0.314. The summed E-state index contributed by atoms with van der Waals surface area (Å²) in [6.07, 6.45) is 6.46. The highest BCUT2D eigenvalue weighted by Gasteiger charge is 2.29. The molecular weight excluding hydrogens is 322 g/mol. The highest BCUT2D eigenvalue weighted by molar-refractivity contribution is 7.88. The van der Waals surface area contributed by atoms with E-state index in [0.717, 1.165) is 29.8 Å². The van der Waals surface area contributed by atoms with Gasteiger partial charge in [-0.25, -0.2) is 12.7 Å². The van der Waals surface area contributed by atoms with Gasteiger partial charge in [0.25, 0.3) is 0 Å². The summed E-state index contributed by atoms with van der Waals surface area (Å²) >= 11 is 0. The Labute approximate surface area is 143 Å². The van der Waals surface area contributed by atoms with Crippen molar-refractivity contribution in [3.05, 3.63) is 47.4 Å². The van der Waals surface area contributed by atoms with Gasteiger partial charge in [-0.2, -0.15) is 0 Å². The van der Waals surface area contributed by atoms with Crippen LogP contribution in [0.2, 0.25) is 0 Å². The van der Waals surface area contributed by atoms with Crippen molar-refractivity contribution in [2.75, 3.05) is 19.3 Å². The Hall–Kier alpha value is -1.79. The van der Waals surface area contributed by atoms with Crippen LogP contribution in [-0.4, -0.2) is 42.0 Å². The predicted molar refractivity (Wildman–Crippen MR) is 95.3 cm³/mol. The molecule has 0 radical (unpaired) electrons. The Morgan fingerprint density at radius 1 is 1.17 bits per heavy atom. The molecular formula is C18H23N3O2S. The molecule has 0 aliphatic carbocycles. The topological polar surface area (TPSA) is 63.2 Å². The van der Waals surface area contributed by atoms with Crippen molar-refractivity contribution in [1.29, 1.82) is 0 Å². The van der Waals surface area contributed by atoms with Gasteiger partial charge < -0.3 is 0 Å². The molecule has 2 heterocycles. The summed E-state index contributed by atoms with van der Waals surface area (Å²) < 4.78 is 25.4. The van der Waals surface area contributed by atoms with E-state index in [9.17, 15) is 8.42 Å². The van der Waals surface area contributed by atoms with E-state index >= 15 is 0 Å². The van der Waals surface area contributed by atoms with E-state index in [0.29, 0.717) is 13.1 Å². The maximum Gasteiger partial charge on any atom is 0.211 e. The monoisotopic (exact) mass is 345 g/mol. The lowest BCUT2D eigenvalue weighted by Crippen LogP contribution is -2.38. The van der Waals surface area contributed by atoms with E-state index in [1.165, 1.54) is 17.4 Å². The first-order valence-corrected chi connectivity index (χ1v) is 10.1. The van der Waals surface area contributed by atoms with Gasteiger partial charge in [-0.15, -0.1) is 0 Å². The average molecular weight is 345 g/mol. The molecule has 0 bridgehead atoms. The molecule has 0 N–H and O–H groups in total. The normalized spacial score (nSPS) is 19.4. The molecule has 1 aromatic heterocycles. The quantitative estimate of drug-likeness (QED) is 0.858. The maximum atomic E-state index is 11.9. The molecule has 1 aromatic carbocycles. The van der Waals surface area contributed by atoms with Crippen molar-refractivity contribution in [2.24, 2.45) is 0 Å². The fraction of sp³-hybridized carbons (Fsp3) is 0.444. The number of benzene rings is 1. The fourth-order valence-corrected chi connectivity index (χ4v) is 4.24. The first-order chi connectivity index (χ1) is 11.4. The van der Waals surface area contributed by atoms with Crippen LogP contribution in [0.5, 0.6) is 0 Å². The van der Waals surface area contributed by atoms with E-state index in [-0.39, 0.29) is 5.92 Å². The van der Waals surface area contributed by atoms with Gasteiger partial charge >= 0.3 is 0 Å². The number of nitrogens with zero attached hydrogens (tertiary/aromatic N) is 3. The molecule has 1 fully saturated rings. The van der Waals surface area contributed by atoms with Crippen LogP contribution < -0.4 is 0 Å². The largest absolute Gasteiger partial charge is 0.257 e. The number of rotatable bonds is 3. The molecule has 24 heavy (non-hydrogen) atoms. The molecule has 0 amide bonds. The number of hydrogen-bond donors (Lipinski definition) is 0. The standard InChI is InChI=1S/C18H23N3O2S/c1-13-6-4-8-16(14(13)2)18-17(19-9-10-20-18)15-7-5-11-21(12-15)24(3,22)23/h4,6,8-10,15H,5,7,11-12H2,1-3H3/t15-/m0/s1. The van der Waals surface area contributed by atoms with Gasteiger partial charge in [-0.05, 0) is 37.8 Å². The van der Waals surface area contributed by atoms with E-state index in [4.69, 9.17) is 0 Å². The molecule has 0 saturated carbocycles. The summed E-state index contributed by atoms with van der Waals surface area (Å²) in [5, 5.41) is 0. The lowest BCUT2D eigenvalue weighted by atomic mass is 9.90. The van der Waals surface area contributed by atoms with Gasteiger partial charge in [0.1, 0.15) is 0 Å². The molecule has 1 aliphatic heterocycles. The summed E-state index contributed by atoms with van der Waals surface area (Å²) in [5.41, 5.74) is 5.26. The van der Waals surface area contributed by atoms with Crippen molar-refractivity contribution in [1.82, 2.24) is 14.3 Å². The zero-order chi connectivity index (χ0) is 17.3. The lowest BCUT2D eigenvalue weighted by Gasteiger charge is -2.31. The third-order valence-electron chi connectivity index (χ3n) is 4.83. The minimum absolute atomic E-state index is 0.0806. The SMILES string of the molecule is Cc1cccc(-c2nccnc2[C@H]2CCCN(S(C)(=O)=O)C2)c1C. The summed E-state index contributed by atoms with van der Waals surface area (Å²) in [6, 6.07) is 6.17. The zero-order valence-electron chi connectivity index (χ0n) is 14.4. The van der Waals surface area contributed by atoms with Crippen LogP contribution in [0.1, 0.15) is 35.6 Å². The second-order valence-corrected chi connectivity index (χ2v) is 8.48. The van der Waals surface area contributed by atoms with Crippen molar-refractivity contribution >= 4 is 10.0 Å². The predicted octanol–water partition coefficient (Wildman–Crippen LogP) is 2.90. The molecule has 6 heteroatoms. The van der Waals surface area contributed by atoms with Crippen LogP contribution in [0.3, 0.4) is 0 Å². The highest BCUT2D eigenvalue weighted by atomic mass is 32.2. The maximum absolute atomic E-state index is 11.9. The van der Waals surface area contributed by atoms with Crippen molar-refractivity contribution in [2.45, 2.75) is 32.6 Å². The van der Waals surface area contributed by atoms with Gasteiger partial charge in [0.05, 0.1) is 17.6 Å². The van der Waals surface area contributed by atoms with Crippen LogP contribution in [0.15, 0.2) is 30.6 Å². The second kappa shape index (κ2) is 6.61. The number of sulfonamides is 1. The average Bonchev–Trinajstić information content (AvgIpc) is 2.57. The highest BCUT2D eigenvalue weighted by Crippen LogP contribution is 2.34. The van der Waals surface area contributed by atoms with Crippen LogP contribution >= 0.6 is 0 Å². The zero-order valence-corrected chi connectivity index (χ0v) is 15.2. The molecule has 3 rings (SSSR count). The third-order valence-corrected chi connectivity index (χ3v) is 6.10. The fourth-order valence-electron chi connectivity index (χ4n) is 3.33. The molecule has 0 unspecified atom stereocenters. The molecule has 1 saturated heterocycles. The summed E-state index contributed by atoms with van der Waals surface area (Å²) in [7, 11) is -3.17. The van der Waals surface area contributed by atoms with E-state index in [1.54, 1.807) is 16.7 Å². The molecule has 0 spiro atoms. The summed E-state index contributed by atoms with van der Waals surface area (Å²) in [4.78, 5) is 9.16.